The van der Waals surface area contributed by atoms with E-state index in [9.17, 15) is 10.1 Å². The predicted molar refractivity (Wildman–Crippen MR) is 99.8 cm³/mol. The monoisotopic (exact) mass is 373 g/mol. The van der Waals surface area contributed by atoms with Gasteiger partial charge in [-0.25, -0.2) is 9.97 Å². The zero-order valence-electron chi connectivity index (χ0n) is 15.3. The van der Waals surface area contributed by atoms with Gasteiger partial charge in [0, 0.05) is 35.0 Å². The van der Waals surface area contributed by atoms with Crippen LogP contribution in [0.2, 0.25) is 0 Å². The Labute approximate surface area is 161 Å². The first-order chi connectivity index (χ1) is 13.6. The quantitative estimate of drug-likeness (QED) is 0.740. The van der Waals surface area contributed by atoms with Gasteiger partial charge in [0.1, 0.15) is 17.4 Å². The van der Waals surface area contributed by atoms with Gasteiger partial charge < -0.3 is 15.0 Å². The molecule has 1 unspecified atom stereocenters. The van der Waals surface area contributed by atoms with E-state index in [4.69, 9.17) is 10.5 Å². The number of aromatic amines is 2. The number of nitriles is 1. The molecule has 3 aromatic rings. The number of fused-ring (bicyclic) bond motifs is 1. The van der Waals surface area contributed by atoms with Gasteiger partial charge in [-0.1, -0.05) is 0 Å². The van der Waals surface area contributed by atoms with E-state index < -0.39 is 5.92 Å². The van der Waals surface area contributed by atoms with Crippen LogP contribution < -0.4 is 26.0 Å². The minimum atomic E-state index is -0.590. The number of ether oxygens (including phenoxy) is 1. The van der Waals surface area contributed by atoms with Crippen molar-refractivity contribution in [1.29, 1.82) is 5.26 Å². The van der Waals surface area contributed by atoms with Crippen molar-refractivity contribution < 1.29 is 14.7 Å². The highest BCUT2D eigenvalue weighted by Crippen LogP contribution is 2.39. The molecule has 0 aromatic carbocycles. The van der Waals surface area contributed by atoms with Crippen LogP contribution in [-0.4, -0.2) is 4.57 Å². The van der Waals surface area contributed by atoms with Crippen LogP contribution in [0.4, 0.5) is 0 Å². The second-order valence-electron chi connectivity index (χ2n) is 6.63. The van der Waals surface area contributed by atoms with Gasteiger partial charge in [0.25, 0.3) is 5.56 Å². The van der Waals surface area contributed by atoms with Crippen molar-refractivity contribution in [2.24, 2.45) is 5.73 Å². The lowest BCUT2D eigenvalue weighted by atomic mass is 9.85. The number of H-pyrrole nitrogens is 2. The molecule has 1 aliphatic heterocycles. The van der Waals surface area contributed by atoms with Crippen molar-refractivity contribution in [3.63, 3.8) is 0 Å². The van der Waals surface area contributed by atoms with Gasteiger partial charge in [0.15, 0.2) is 24.8 Å². The number of nitrogens with zero attached hydrogens (tertiary/aromatic N) is 2. The van der Waals surface area contributed by atoms with Gasteiger partial charge in [-0.2, -0.15) is 5.26 Å². The van der Waals surface area contributed by atoms with Gasteiger partial charge in [0.05, 0.1) is 18.0 Å². The third-order valence-electron chi connectivity index (χ3n) is 4.87. The smallest absolute Gasteiger partial charge is 0.259 e. The summed E-state index contributed by atoms with van der Waals surface area (Å²) in [6, 6.07) is 11.4. The topological polar surface area (TPSA) is 109 Å². The first-order valence-electron chi connectivity index (χ1n) is 8.83. The van der Waals surface area contributed by atoms with Crippen LogP contribution in [0.1, 0.15) is 28.3 Å². The van der Waals surface area contributed by atoms with E-state index in [-0.39, 0.29) is 17.0 Å². The lowest BCUT2D eigenvalue weighted by Gasteiger charge is -2.26. The highest BCUT2D eigenvalue weighted by molar-refractivity contribution is 5.54. The summed E-state index contributed by atoms with van der Waals surface area (Å²) in [6.45, 7) is 2.26. The molecule has 0 radical (unpaired) electrons. The molecule has 0 amide bonds. The molecule has 0 fully saturated rings. The predicted octanol–water partition coefficient (Wildman–Crippen LogP) is 1.05. The maximum Gasteiger partial charge on any atom is 0.259 e. The number of nitrogens with one attached hydrogen (secondary N) is 2. The van der Waals surface area contributed by atoms with E-state index in [0.29, 0.717) is 17.9 Å². The molecule has 0 saturated carbocycles. The fourth-order valence-electron chi connectivity index (χ4n) is 3.51. The number of rotatable bonds is 3. The van der Waals surface area contributed by atoms with Crippen LogP contribution in [0.5, 0.6) is 5.75 Å². The third kappa shape index (κ3) is 2.91. The fourth-order valence-corrected chi connectivity index (χ4v) is 3.51. The lowest BCUT2D eigenvalue weighted by Crippen LogP contribution is -2.33. The molecule has 1 aliphatic rings. The highest BCUT2D eigenvalue weighted by Gasteiger charge is 2.35. The van der Waals surface area contributed by atoms with Crippen molar-refractivity contribution in [3.8, 4) is 11.8 Å². The SMILES string of the molecule is Cc1cc2c(c(=O)n1Cc1ccc[nH+]c1)C(c1ccc[nH+]c1)C(C#N)=C(N)O2. The van der Waals surface area contributed by atoms with Gasteiger partial charge in [-0.05, 0) is 19.1 Å². The number of hydrogen-bond acceptors (Lipinski definition) is 4. The Morgan fingerprint density at radius 3 is 2.64 bits per heavy atom. The fraction of sp³-hybridized carbons (Fsp3) is 0.143. The molecular weight excluding hydrogens is 354 g/mol. The van der Waals surface area contributed by atoms with E-state index >= 15 is 0 Å². The second-order valence-corrected chi connectivity index (χ2v) is 6.63. The van der Waals surface area contributed by atoms with Crippen molar-refractivity contribution in [2.45, 2.75) is 19.4 Å². The molecule has 138 valence electrons. The maximum absolute atomic E-state index is 13.5. The molecule has 7 heteroatoms. The molecule has 4 rings (SSSR count). The van der Waals surface area contributed by atoms with E-state index in [2.05, 4.69) is 16.0 Å². The Morgan fingerprint density at radius 2 is 2.00 bits per heavy atom. The Morgan fingerprint density at radius 1 is 1.25 bits per heavy atom. The first-order valence-corrected chi connectivity index (χ1v) is 8.83. The van der Waals surface area contributed by atoms with Crippen LogP contribution in [0, 0.1) is 18.3 Å². The number of aromatic nitrogens is 3. The summed E-state index contributed by atoms with van der Waals surface area (Å²) in [5.41, 5.74) is 8.93. The van der Waals surface area contributed by atoms with Gasteiger partial charge in [0.2, 0.25) is 5.88 Å². The normalized spacial score (nSPS) is 15.5. The molecule has 0 saturated heterocycles. The van der Waals surface area contributed by atoms with E-state index in [0.717, 1.165) is 16.8 Å². The molecular formula is C21H19N5O2+2. The summed E-state index contributed by atoms with van der Waals surface area (Å²) in [5.74, 6) is -0.172. The average Bonchev–Trinajstić information content (AvgIpc) is 2.71. The van der Waals surface area contributed by atoms with Gasteiger partial charge in [-0.15, -0.1) is 0 Å². The van der Waals surface area contributed by atoms with Crippen LogP contribution in [0.15, 0.2) is 71.4 Å². The third-order valence-corrected chi connectivity index (χ3v) is 4.87. The van der Waals surface area contributed by atoms with E-state index in [1.165, 1.54) is 0 Å². The molecule has 7 nitrogen and oxygen atoms in total. The standard InChI is InChI=1S/C21H17N5O2/c1-13-8-17-19(21(27)26(13)12-14-4-2-6-24-10-14)18(15-5-3-7-25-11-15)16(9-22)20(23)28-17/h2-8,10-11,18H,12,23H2,1H3/p+2. The molecule has 0 bridgehead atoms. The zero-order valence-corrected chi connectivity index (χ0v) is 15.3. The summed E-state index contributed by atoms with van der Waals surface area (Å²) < 4.78 is 7.34. The van der Waals surface area contributed by atoms with Crippen LogP contribution in [0.25, 0.3) is 0 Å². The number of allylic oxidation sites excluding steroid dienone is 1. The number of hydrogen-bond donors (Lipinski definition) is 1. The highest BCUT2D eigenvalue weighted by atomic mass is 16.5. The van der Waals surface area contributed by atoms with E-state index in [1.807, 2.05) is 43.6 Å². The van der Waals surface area contributed by atoms with Crippen molar-refractivity contribution >= 4 is 0 Å². The molecule has 1 atom stereocenters. The second kappa shape index (κ2) is 7.00. The summed E-state index contributed by atoms with van der Waals surface area (Å²) >= 11 is 0. The summed E-state index contributed by atoms with van der Waals surface area (Å²) in [5, 5.41) is 9.68. The Balaban J connectivity index is 1.93. The summed E-state index contributed by atoms with van der Waals surface area (Å²) in [7, 11) is 0. The van der Waals surface area contributed by atoms with Gasteiger partial charge >= 0.3 is 0 Å². The van der Waals surface area contributed by atoms with Crippen molar-refractivity contribution in [1.82, 2.24) is 4.57 Å². The Kier molecular flexibility index (Phi) is 4.38. The molecule has 4 heterocycles. The first kappa shape index (κ1) is 17.5. The summed E-state index contributed by atoms with van der Waals surface area (Å²) in [6.07, 6.45) is 7.20. The number of nitrogens with two attached hydrogens (primary N) is 1. The Bertz CT molecular complexity index is 1160. The van der Waals surface area contributed by atoms with Crippen molar-refractivity contribution in [2.75, 3.05) is 0 Å². The maximum atomic E-state index is 13.5. The van der Waals surface area contributed by atoms with Crippen LogP contribution >= 0.6 is 0 Å². The largest absolute Gasteiger partial charge is 0.440 e. The molecule has 0 spiro atoms. The number of pyridine rings is 3. The molecule has 28 heavy (non-hydrogen) atoms. The zero-order chi connectivity index (χ0) is 19.7. The molecule has 0 aliphatic carbocycles. The van der Waals surface area contributed by atoms with Crippen molar-refractivity contribution in [3.05, 3.63) is 99.3 Å². The minimum Gasteiger partial charge on any atom is -0.440 e. The lowest BCUT2D eigenvalue weighted by molar-refractivity contribution is -0.379. The molecule has 3 aromatic heterocycles. The van der Waals surface area contributed by atoms with E-state index in [1.54, 1.807) is 23.0 Å². The average molecular weight is 373 g/mol. The van der Waals surface area contributed by atoms with Gasteiger partial charge in [-0.3, -0.25) is 4.79 Å². The van der Waals surface area contributed by atoms with Crippen LogP contribution in [-0.2, 0) is 6.54 Å². The number of aryl methyl sites for hydroxylation is 1. The minimum absolute atomic E-state index is 0.0260. The molecule has 4 N–H and O–H groups in total. The Hall–Kier alpha value is -3.92. The summed E-state index contributed by atoms with van der Waals surface area (Å²) in [4.78, 5) is 19.5. The van der Waals surface area contributed by atoms with Crippen LogP contribution in [0.3, 0.4) is 0 Å².